The van der Waals surface area contributed by atoms with Gasteiger partial charge in [-0.25, -0.2) is 9.28 Å². The van der Waals surface area contributed by atoms with Crippen molar-refractivity contribution >= 4 is 33.3 Å². The van der Waals surface area contributed by atoms with Crippen molar-refractivity contribution in [3.05, 3.63) is 52.8 Å². The molecule has 0 saturated carbocycles. The Bertz CT molecular complexity index is 923. The van der Waals surface area contributed by atoms with Crippen molar-refractivity contribution in [1.29, 1.82) is 0 Å². The Hall–Kier alpha value is -2.46. The molecule has 106 valence electrons. The van der Waals surface area contributed by atoms with E-state index in [1.165, 1.54) is 0 Å². The van der Waals surface area contributed by atoms with Gasteiger partial charge in [-0.3, -0.25) is 4.79 Å². The quantitative estimate of drug-likeness (QED) is 0.551. The number of quaternary nitrogens is 1. The molecule has 0 fully saturated rings. The van der Waals surface area contributed by atoms with Gasteiger partial charge in [0.1, 0.15) is 5.69 Å². The molecule has 0 unspecified atom stereocenters. The Morgan fingerprint density at radius 3 is 2.43 bits per heavy atom. The molecule has 2 aromatic carbocycles. The largest absolute Gasteiger partial charge is 0.321 e. The summed E-state index contributed by atoms with van der Waals surface area (Å²) in [6.07, 6.45) is 0. The SMILES string of the molecule is CC(=O)[N+](C)(C)c1ccc2c(c1)c(=O)[nH]c1ccccc12. The molecule has 1 amide bonds. The van der Waals surface area contributed by atoms with Gasteiger partial charge in [0.25, 0.3) is 5.56 Å². The monoisotopic (exact) mass is 281 g/mol. The fraction of sp³-hybridized carbons (Fsp3) is 0.176. The Kier molecular flexibility index (Phi) is 2.92. The molecule has 0 saturated heterocycles. The number of nitrogens with zero attached hydrogens (tertiary/aromatic N) is 1. The van der Waals surface area contributed by atoms with Crippen molar-refractivity contribution in [1.82, 2.24) is 9.47 Å². The highest BCUT2D eigenvalue weighted by Gasteiger charge is 2.25. The summed E-state index contributed by atoms with van der Waals surface area (Å²) in [7, 11) is 3.64. The third-order valence-electron chi connectivity index (χ3n) is 4.15. The van der Waals surface area contributed by atoms with E-state index >= 15 is 0 Å². The molecule has 0 aliphatic carbocycles. The van der Waals surface area contributed by atoms with Crippen LogP contribution < -0.4 is 10.0 Å². The van der Waals surface area contributed by atoms with Crippen LogP contribution in [-0.2, 0) is 4.79 Å². The number of fused-ring (bicyclic) bond motifs is 3. The van der Waals surface area contributed by atoms with Gasteiger partial charge in [-0.15, -0.1) is 0 Å². The first-order valence-electron chi connectivity index (χ1n) is 6.82. The standard InChI is InChI=1S/C17H16N2O2/c1-11(20)19(2,3)12-8-9-13-14-6-4-5-7-16(14)18-17(21)15(13)10-12/h4-10H,1-3H3/p+1. The number of aromatic amines is 1. The molecule has 0 aliphatic heterocycles. The van der Waals surface area contributed by atoms with Crippen LogP contribution in [0.4, 0.5) is 5.69 Å². The maximum absolute atomic E-state index is 12.3. The lowest BCUT2D eigenvalue weighted by Gasteiger charge is -2.24. The second kappa shape index (κ2) is 4.53. The van der Waals surface area contributed by atoms with E-state index in [4.69, 9.17) is 0 Å². The Labute approximate surface area is 122 Å². The molecule has 1 aromatic heterocycles. The van der Waals surface area contributed by atoms with Crippen molar-refractivity contribution < 1.29 is 4.79 Å². The van der Waals surface area contributed by atoms with Crippen LogP contribution in [0.2, 0.25) is 0 Å². The molecule has 0 aliphatic rings. The van der Waals surface area contributed by atoms with E-state index in [0.717, 1.165) is 22.0 Å². The summed E-state index contributed by atoms with van der Waals surface area (Å²) < 4.78 is 0.113. The van der Waals surface area contributed by atoms with Gasteiger partial charge < -0.3 is 4.98 Å². The third kappa shape index (κ3) is 2.04. The first kappa shape index (κ1) is 13.5. The Morgan fingerprint density at radius 1 is 1.00 bits per heavy atom. The molecule has 4 heteroatoms. The number of H-pyrrole nitrogens is 1. The fourth-order valence-corrected chi connectivity index (χ4v) is 2.50. The third-order valence-corrected chi connectivity index (χ3v) is 4.15. The zero-order chi connectivity index (χ0) is 15.2. The predicted molar refractivity (Wildman–Crippen MR) is 86.4 cm³/mol. The smallest absolute Gasteiger partial charge is 0.315 e. The zero-order valence-corrected chi connectivity index (χ0v) is 12.3. The first-order chi connectivity index (χ1) is 9.91. The molecule has 0 bridgehead atoms. The molecular formula is C17H17N2O2+. The number of benzene rings is 2. The number of amides is 1. The van der Waals surface area contributed by atoms with Crippen molar-refractivity contribution in [3.63, 3.8) is 0 Å². The van der Waals surface area contributed by atoms with Gasteiger partial charge in [0.2, 0.25) is 0 Å². The maximum Gasteiger partial charge on any atom is 0.315 e. The molecule has 4 nitrogen and oxygen atoms in total. The predicted octanol–water partition coefficient (Wildman–Crippen LogP) is 2.79. The highest BCUT2D eigenvalue weighted by Crippen LogP contribution is 2.27. The Balaban J connectivity index is 2.38. The van der Waals surface area contributed by atoms with Gasteiger partial charge in [0.15, 0.2) is 0 Å². The van der Waals surface area contributed by atoms with Gasteiger partial charge in [-0.2, -0.15) is 0 Å². The number of pyridine rings is 1. The van der Waals surface area contributed by atoms with E-state index in [1.54, 1.807) is 6.92 Å². The summed E-state index contributed by atoms with van der Waals surface area (Å²) in [4.78, 5) is 27.0. The lowest BCUT2D eigenvalue weighted by atomic mass is 10.1. The van der Waals surface area contributed by atoms with Crippen LogP contribution in [-0.4, -0.2) is 25.0 Å². The molecule has 1 N–H and O–H groups in total. The number of hydrogen-bond donors (Lipinski definition) is 1. The lowest BCUT2D eigenvalue weighted by Crippen LogP contribution is -2.44. The molecule has 3 aromatic rings. The average Bonchev–Trinajstić information content (AvgIpc) is 2.47. The van der Waals surface area contributed by atoms with E-state index in [2.05, 4.69) is 4.98 Å². The van der Waals surface area contributed by atoms with Gasteiger partial charge in [-0.05, 0) is 17.5 Å². The molecule has 21 heavy (non-hydrogen) atoms. The zero-order valence-electron chi connectivity index (χ0n) is 12.3. The topological polar surface area (TPSA) is 49.9 Å². The van der Waals surface area contributed by atoms with Gasteiger partial charge in [-0.1, -0.05) is 18.2 Å². The molecule has 0 radical (unpaired) electrons. The van der Waals surface area contributed by atoms with Crippen LogP contribution >= 0.6 is 0 Å². The van der Waals surface area contributed by atoms with Gasteiger partial charge >= 0.3 is 5.91 Å². The normalized spacial score (nSPS) is 12.0. The summed E-state index contributed by atoms with van der Waals surface area (Å²) >= 11 is 0. The second-order valence-corrected chi connectivity index (χ2v) is 5.70. The number of carbonyl (C=O) groups excluding carboxylic acids is 1. The van der Waals surface area contributed by atoms with Crippen molar-refractivity contribution in [3.8, 4) is 0 Å². The summed E-state index contributed by atoms with van der Waals surface area (Å²) in [5.74, 6) is 0.0200. The summed E-state index contributed by atoms with van der Waals surface area (Å²) in [6, 6.07) is 13.4. The van der Waals surface area contributed by atoms with Crippen LogP contribution in [0.1, 0.15) is 6.92 Å². The number of aromatic nitrogens is 1. The lowest BCUT2D eigenvalue weighted by molar-refractivity contribution is -0.125. The van der Waals surface area contributed by atoms with E-state index in [1.807, 2.05) is 56.6 Å². The van der Waals surface area contributed by atoms with Crippen molar-refractivity contribution in [2.45, 2.75) is 6.92 Å². The summed E-state index contributed by atoms with van der Waals surface area (Å²) in [5, 5.41) is 2.52. The molecule has 3 rings (SSSR count). The van der Waals surface area contributed by atoms with Crippen LogP contribution in [0.25, 0.3) is 21.7 Å². The number of para-hydroxylation sites is 1. The molecular weight excluding hydrogens is 264 g/mol. The number of nitrogens with one attached hydrogen (secondary N) is 1. The van der Waals surface area contributed by atoms with Gasteiger partial charge in [0.05, 0.1) is 26.4 Å². The number of rotatable bonds is 1. The van der Waals surface area contributed by atoms with Crippen LogP contribution in [0.3, 0.4) is 0 Å². The fourth-order valence-electron chi connectivity index (χ4n) is 2.50. The van der Waals surface area contributed by atoms with E-state index in [-0.39, 0.29) is 15.9 Å². The Morgan fingerprint density at radius 2 is 1.71 bits per heavy atom. The summed E-state index contributed by atoms with van der Waals surface area (Å²) in [5.41, 5.74) is 1.49. The average molecular weight is 281 g/mol. The molecule has 0 spiro atoms. The van der Waals surface area contributed by atoms with Crippen LogP contribution in [0, 0.1) is 0 Å². The number of carbonyl (C=O) groups is 1. The van der Waals surface area contributed by atoms with Gasteiger partial charge in [0, 0.05) is 23.0 Å². The molecule has 0 atom stereocenters. The van der Waals surface area contributed by atoms with E-state index in [9.17, 15) is 9.59 Å². The first-order valence-corrected chi connectivity index (χ1v) is 6.82. The van der Waals surface area contributed by atoms with Crippen molar-refractivity contribution in [2.24, 2.45) is 0 Å². The second-order valence-electron chi connectivity index (χ2n) is 5.70. The summed E-state index contributed by atoms with van der Waals surface area (Å²) in [6.45, 7) is 1.55. The highest BCUT2D eigenvalue weighted by molar-refractivity contribution is 6.06. The van der Waals surface area contributed by atoms with Crippen molar-refractivity contribution in [2.75, 3.05) is 14.1 Å². The minimum absolute atomic E-state index is 0.0200. The highest BCUT2D eigenvalue weighted by atomic mass is 16.2. The minimum Gasteiger partial charge on any atom is -0.321 e. The number of hydrogen-bond acceptors (Lipinski definition) is 2. The van der Waals surface area contributed by atoms with E-state index in [0.29, 0.717) is 5.39 Å². The minimum atomic E-state index is -0.130. The molecule has 1 heterocycles. The van der Waals surface area contributed by atoms with E-state index < -0.39 is 0 Å². The van der Waals surface area contributed by atoms with Crippen LogP contribution in [0.15, 0.2) is 47.3 Å². The van der Waals surface area contributed by atoms with Crippen LogP contribution in [0.5, 0.6) is 0 Å². The maximum atomic E-state index is 12.3.